The lowest BCUT2D eigenvalue weighted by Gasteiger charge is -2.53. The molecule has 11 heteroatoms. The number of halogens is 1. The summed E-state index contributed by atoms with van der Waals surface area (Å²) in [6.07, 6.45) is -2.51. The summed E-state index contributed by atoms with van der Waals surface area (Å²) in [5.74, 6) is -6.32. The molecule has 0 bridgehead atoms. The summed E-state index contributed by atoms with van der Waals surface area (Å²) < 4.78 is 22.8. The van der Waals surface area contributed by atoms with E-state index in [4.69, 9.17) is 30.5 Å². The third-order valence-corrected chi connectivity index (χ3v) is 8.61. The van der Waals surface area contributed by atoms with Crippen molar-refractivity contribution >= 4 is 41.3 Å². The van der Waals surface area contributed by atoms with Gasteiger partial charge < -0.3 is 24.1 Å². The molecule has 0 amide bonds. The molecule has 1 saturated carbocycles. The highest BCUT2D eigenvalue weighted by Gasteiger charge is 2.68. The van der Waals surface area contributed by atoms with E-state index in [1.165, 1.54) is 26.0 Å². The van der Waals surface area contributed by atoms with Crippen LogP contribution in [0, 0.1) is 23.2 Å². The number of ether oxygens (including phenoxy) is 4. The van der Waals surface area contributed by atoms with Crippen LogP contribution in [0.5, 0.6) is 0 Å². The number of rotatable bonds is 4. The van der Waals surface area contributed by atoms with Crippen LogP contribution >= 0.6 is 11.6 Å². The summed E-state index contributed by atoms with van der Waals surface area (Å²) >= 11 is 6.74. The van der Waals surface area contributed by atoms with Crippen molar-refractivity contribution in [1.82, 2.24) is 0 Å². The van der Waals surface area contributed by atoms with Gasteiger partial charge in [-0.25, -0.2) is 0 Å². The molecule has 1 N–H and O–H groups in total. The van der Waals surface area contributed by atoms with E-state index in [1.54, 1.807) is 20.8 Å². The average molecular weight is 555 g/mol. The Morgan fingerprint density at radius 2 is 1.74 bits per heavy atom. The number of carbonyl (C=O) groups excluding carboxylic acids is 5. The first-order valence-electron chi connectivity index (χ1n) is 12.6. The molecule has 38 heavy (non-hydrogen) atoms. The van der Waals surface area contributed by atoms with Crippen LogP contribution in [-0.4, -0.2) is 70.2 Å². The minimum absolute atomic E-state index is 0.0000755. The second kappa shape index (κ2) is 10.8. The molecule has 0 radical (unpaired) electrons. The lowest BCUT2D eigenvalue weighted by molar-refractivity contribution is -0.217. The molecule has 1 aliphatic heterocycles. The lowest BCUT2D eigenvalue weighted by Crippen LogP contribution is -2.67. The van der Waals surface area contributed by atoms with Crippen LogP contribution < -0.4 is 0 Å². The van der Waals surface area contributed by atoms with Gasteiger partial charge in [0, 0.05) is 43.9 Å². The van der Waals surface area contributed by atoms with Crippen molar-refractivity contribution in [2.75, 3.05) is 0 Å². The van der Waals surface area contributed by atoms with Gasteiger partial charge in [-0.1, -0.05) is 39.0 Å². The molecule has 0 spiro atoms. The topological polar surface area (TPSA) is 142 Å². The van der Waals surface area contributed by atoms with Gasteiger partial charge in [-0.15, -0.1) is 11.6 Å². The Labute approximate surface area is 226 Å². The number of hydrogen-bond acceptors (Lipinski definition) is 10. The third kappa shape index (κ3) is 5.00. The first kappa shape index (κ1) is 29.8. The van der Waals surface area contributed by atoms with Gasteiger partial charge in [-0.2, -0.15) is 0 Å². The summed E-state index contributed by atoms with van der Waals surface area (Å²) in [6.45, 7) is 12.6. The lowest BCUT2D eigenvalue weighted by atomic mass is 9.56. The monoisotopic (exact) mass is 554 g/mol. The summed E-state index contributed by atoms with van der Waals surface area (Å²) in [7, 11) is 0. The number of carbonyl (C=O) groups is 5. The highest BCUT2D eigenvalue weighted by atomic mass is 35.5. The second-order valence-corrected chi connectivity index (χ2v) is 11.1. The number of ketones is 1. The number of allylic oxidation sites excluding steroid dienone is 1. The van der Waals surface area contributed by atoms with E-state index in [0.717, 1.165) is 6.92 Å². The van der Waals surface area contributed by atoms with Crippen LogP contribution in [0.2, 0.25) is 0 Å². The first-order valence-corrected chi connectivity index (χ1v) is 13.0. The normalized spacial score (nSPS) is 40.9. The predicted molar refractivity (Wildman–Crippen MR) is 134 cm³/mol. The molecule has 10 unspecified atom stereocenters. The van der Waals surface area contributed by atoms with Crippen molar-refractivity contribution in [3.63, 3.8) is 0 Å². The van der Waals surface area contributed by atoms with Gasteiger partial charge in [-0.05, 0) is 13.0 Å². The van der Waals surface area contributed by atoms with Crippen molar-refractivity contribution < 1.29 is 48.0 Å². The zero-order valence-electron chi connectivity index (χ0n) is 22.4. The van der Waals surface area contributed by atoms with Crippen LogP contribution in [0.4, 0.5) is 0 Å². The quantitative estimate of drug-likeness (QED) is 0.238. The second-order valence-electron chi connectivity index (χ2n) is 10.6. The fraction of sp³-hybridized carbons (Fsp3) is 0.667. The molecule has 0 aromatic heterocycles. The minimum Gasteiger partial charge on any atom is -0.459 e. The van der Waals surface area contributed by atoms with E-state index in [1.807, 2.05) is 0 Å². The maximum Gasteiger partial charge on any atom is 0.312 e. The van der Waals surface area contributed by atoms with Crippen LogP contribution in [0.25, 0.3) is 0 Å². The molecule has 3 rings (SSSR count). The predicted octanol–water partition coefficient (Wildman–Crippen LogP) is 2.43. The number of alkyl halides is 1. The molecule has 0 aromatic carbocycles. The molecule has 10 atom stereocenters. The molecule has 3 aliphatic rings. The smallest absolute Gasteiger partial charge is 0.312 e. The SMILES string of the molecule is C=C1CC(OC(C)=O)C(OC(=O)CC)C2(C)C=CC(=O)C(C)C2C(OC(C)=O)C2(O)C(C)C(=O)OC2C1Cl. The molecular formula is C27H35ClO10. The highest BCUT2D eigenvalue weighted by molar-refractivity contribution is 6.23. The maximum atomic E-state index is 13.0. The summed E-state index contributed by atoms with van der Waals surface area (Å²) in [4.78, 5) is 63.2. The maximum absolute atomic E-state index is 13.0. The van der Waals surface area contributed by atoms with Crippen LogP contribution in [0.15, 0.2) is 24.3 Å². The number of esters is 4. The van der Waals surface area contributed by atoms with Gasteiger partial charge in [0.2, 0.25) is 0 Å². The number of aliphatic hydroxyl groups is 1. The van der Waals surface area contributed by atoms with E-state index in [-0.39, 0.29) is 24.2 Å². The van der Waals surface area contributed by atoms with Gasteiger partial charge in [-0.3, -0.25) is 24.0 Å². The fourth-order valence-corrected chi connectivity index (χ4v) is 6.39. The van der Waals surface area contributed by atoms with Crippen molar-refractivity contribution in [3.8, 4) is 0 Å². The minimum atomic E-state index is -2.18. The Hall–Kier alpha value is -2.72. The zero-order chi connectivity index (χ0) is 28.7. The molecule has 210 valence electrons. The van der Waals surface area contributed by atoms with Gasteiger partial charge >= 0.3 is 23.9 Å². The summed E-state index contributed by atoms with van der Waals surface area (Å²) in [6, 6.07) is 0. The van der Waals surface area contributed by atoms with Crippen molar-refractivity contribution in [1.29, 1.82) is 0 Å². The van der Waals surface area contributed by atoms with Gasteiger partial charge in [0.05, 0.1) is 11.3 Å². The van der Waals surface area contributed by atoms with Crippen LogP contribution in [-0.2, 0) is 42.9 Å². The molecule has 1 heterocycles. The molecule has 2 aliphatic carbocycles. The Kier molecular flexibility index (Phi) is 8.48. The van der Waals surface area contributed by atoms with Crippen LogP contribution in [0.1, 0.15) is 54.4 Å². The highest BCUT2D eigenvalue weighted by Crippen LogP contribution is 2.54. The van der Waals surface area contributed by atoms with E-state index >= 15 is 0 Å². The van der Waals surface area contributed by atoms with Gasteiger partial charge in [0.1, 0.15) is 18.3 Å². The third-order valence-electron chi connectivity index (χ3n) is 8.07. The Balaban J connectivity index is 2.39. The number of hydrogen-bond donors (Lipinski definition) is 1. The standard InChI is InChI=1S/C27H35ClO10/c1-8-19(32)37-22-18(35-15(5)29)11-12(2)21(28)24-27(34,14(4)25(33)38-24)23(36-16(6)30)20-13(3)17(31)9-10-26(20,22)7/h9-10,13-14,18,20-24,34H,2,8,11H2,1,3-7H3. The zero-order valence-corrected chi connectivity index (χ0v) is 23.2. The molecule has 1 saturated heterocycles. The average Bonchev–Trinajstić information content (AvgIpc) is 3.07. The first-order chi connectivity index (χ1) is 17.6. The number of fused-ring (bicyclic) bond motifs is 2. The van der Waals surface area contributed by atoms with Crippen molar-refractivity contribution in [2.45, 2.75) is 89.8 Å². The van der Waals surface area contributed by atoms with E-state index in [9.17, 15) is 29.1 Å². The Bertz CT molecular complexity index is 1070. The van der Waals surface area contributed by atoms with Crippen LogP contribution in [0.3, 0.4) is 0 Å². The summed E-state index contributed by atoms with van der Waals surface area (Å²) in [5.41, 5.74) is -3.30. The van der Waals surface area contributed by atoms with Gasteiger partial charge in [0.25, 0.3) is 0 Å². The molecule has 0 aromatic rings. The van der Waals surface area contributed by atoms with Crippen molar-refractivity contribution in [2.24, 2.45) is 23.2 Å². The molecule has 10 nitrogen and oxygen atoms in total. The summed E-state index contributed by atoms with van der Waals surface area (Å²) in [5, 5.41) is 11.1. The fourth-order valence-electron chi connectivity index (χ4n) is 6.04. The Morgan fingerprint density at radius 3 is 2.29 bits per heavy atom. The van der Waals surface area contributed by atoms with Gasteiger partial charge in [0.15, 0.2) is 17.5 Å². The Morgan fingerprint density at radius 1 is 1.13 bits per heavy atom. The van der Waals surface area contributed by atoms with E-state index in [0.29, 0.717) is 0 Å². The van der Waals surface area contributed by atoms with E-state index < -0.39 is 82.4 Å². The molecule has 2 fully saturated rings. The van der Waals surface area contributed by atoms with Crippen molar-refractivity contribution in [3.05, 3.63) is 24.3 Å². The molecular weight excluding hydrogens is 520 g/mol. The van der Waals surface area contributed by atoms with E-state index in [2.05, 4.69) is 6.58 Å². The largest absolute Gasteiger partial charge is 0.459 e.